The number of benzene rings is 2. The van der Waals surface area contributed by atoms with E-state index in [2.05, 4.69) is 14.7 Å². The predicted molar refractivity (Wildman–Crippen MR) is 105 cm³/mol. The number of aryl methyl sites for hydroxylation is 1. The van der Waals surface area contributed by atoms with Crippen molar-refractivity contribution in [1.82, 2.24) is 14.9 Å². The third-order valence-corrected chi connectivity index (χ3v) is 4.50. The molecule has 0 saturated heterocycles. The third-order valence-electron chi connectivity index (χ3n) is 4.50. The molecule has 0 spiro atoms. The fourth-order valence-corrected chi connectivity index (χ4v) is 3.05. The molecular formula is C21H20F3N3O3. The number of alkyl halides is 3. The lowest BCUT2D eigenvalue weighted by atomic mass is 10.1. The molecule has 1 heterocycles. The Labute approximate surface area is 170 Å². The molecule has 0 saturated carbocycles. The number of para-hydroxylation sites is 2. The SMILES string of the molecule is CN(Cc1ccccc1OC(F)(F)F)C(=O)CCCc1nc2ccccc2c(=O)[nH]1. The van der Waals surface area contributed by atoms with Crippen molar-refractivity contribution in [2.45, 2.75) is 32.2 Å². The average molecular weight is 419 g/mol. The zero-order chi connectivity index (χ0) is 21.7. The van der Waals surface area contributed by atoms with Gasteiger partial charge in [0, 0.05) is 32.0 Å². The van der Waals surface area contributed by atoms with Crippen LogP contribution in [-0.2, 0) is 17.8 Å². The number of nitrogens with one attached hydrogen (secondary N) is 1. The molecule has 30 heavy (non-hydrogen) atoms. The highest BCUT2D eigenvalue weighted by Crippen LogP contribution is 2.27. The molecule has 0 fully saturated rings. The molecule has 0 bridgehead atoms. The Morgan fingerprint density at radius 3 is 2.60 bits per heavy atom. The first kappa shape index (κ1) is 21.4. The lowest BCUT2D eigenvalue weighted by Gasteiger charge is -2.20. The Hall–Kier alpha value is -3.36. The van der Waals surface area contributed by atoms with Gasteiger partial charge in [-0.05, 0) is 24.6 Å². The number of carbonyl (C=O) groups is 1. The van der Waals surface area contributed by atoms with Crippen LogP contribution in [0.1, 0.15) is 24.2 Å². The quantitative estimate of drug-likeness (QED) is 0.632. The van der Waals surface area contributed by atoms with Crippen molar-refractivity contribution in [2.75, 3.05) is 7.05 Å². The normalized spacial score (nSPS) is 11.5. The summed E-state index contributed by atoms with van der Waals surface area (Å²) in [4.78, 5) is 32.9. The summed E-state index contributed by atoms with van der Waals surface area (Å²) in [5.74, 6) is -0.0828. The van der Waals surface area contributed by atoms with Crippen molar-refractivity contribution in [2.24, 2.45) is 0 Å². The van der Waals surface area contributed by atoms with Gasteiger partial charge in [0.25, 0.3) is 5.56 Å². The molecule has 3 aromatic rings. The molecule has 9 heteroatoms. The molecule has 0 radical (unpaired) electrons. The molecule has 0 aliphatic carbocycles. The number of rotatable bonds is 7. The highest BCUT2D eigenvalue weighted by Gasteiger charge is 2.32. The predicted octanol–water partition coefficient (Wildman–Crippen LogP) is 3.80. The van der Waals surface area contributed by atoms with Gasteiger partial charge in [-0.15, -0.1) is 13.2 Å². The summed E-state index contributed by atoms with van der Waals surface area (Å²) in [7, 11) is 1.52. The summed E-state index contributed by atoms with van der Waals surface area (Å²) in [5, 5.41) is 0.497. The van der Waals surface area contributed by atoms with E-state index in [1.165, 1.54) is 30.1 Å². The zero-order valence-corrected chi connectivity index (χ0v) is 16.2. The van der Waals surface area contributed by atoms with Crippen LogP contribution in [0.15, 0.2) is 53.3 Å². The summed E-state index contributed by atoms with van der Waals surface area (Å²) in [6.45, 7) is -0.0177. The minimum Gasteiger partial charge on any atom is -0.405 e. The fourth-order valence-electron chi connectivity index (χ4n) is 3.05. The molecule has 0 unspecified atom stereocenters. The van der Waals surface area contributed by atoms with Gasteiger partial charge in [0.1, 0.15) is 11.6 Å². The van der Waals surface area contributed by atoms with Crippen molar-refractivity contribution in [3.63, 3.8) is 0 Å². The van der Waals surface area contributed by atoms with Crippen molar-refractivity contribution < 1.29 is 22.7 Å². The van der Waals surface area contributed by atoms with E-state index < -0.39 is 6.36 Å². The van der Waals surface area contributed by atoms with Crippen molar-refractivity contribution in [3.05, 3.63) is 70.3 Å². The summed E-state index contributed by atoms with van der Waals surface area (Å²) in [6.07, 6.45) is -3.81. The number of halogens is 3. The van der Waals surface area contributed by atoms with Crippen molar-refractivity contribution >= 4 is 16.8 Å². The number of ether oxygens (including phenoxy) is 1. The van der Waals surface area contributed by atoms with Crippen LogP contribution >= 0.6 is 0 Å². The van der Waals surface area contributed by atoms with E-state index in [0.717, 1.165) is 0 Å². The van der Waals surface area contributed by atoms with Gasteiger partial charge in [0.2, 0.25) is 5.91 Å². The van der Waals surface area contributed by atoms with E-state index in [0.29, 0.717) is 29.6 Å². The van der Waals surface area contributed by atoms with Crippen LogP contribution in [0.5, 0.6) is 5.75 Å². The summed E-state index contributed by atoms with van der Waals surface area (Å²) >= 11 is 0. The minimum atomic E-state index is -4.80. The van der Waals surface area contributed by atoms with Gasteiger partial charge in [-0.1, -0.05) is 30.3 Å². The number of carbonyl (C=O) groups excluding carboxylic acids is 1. The number of aromatic amines is 1. The number of H-pyrrole nitrogens is 1. The molecule has 1 amide bonds. The van der Waals surface area contributed by atoms with Gasteiger partial charge in [0.05, 0.1) is 10.9 Å². The first-order valence-electron chi connectivity index (χ1n) is 9.28. The lowest BCUT2D eigenvalue weighted by Crippen LogP contribution is -2.27. The third kappa shape index (κ3) is 5.59. The maximum atomic E-state index is 12.5. The fraction of sp³-hybridized carbons (Fsp3) is 0.286. The topological polar surface area (TPSA) is 75.3 Å². The monoisotopic (exact) mass is 419 g/mol. The van der Waals surface area contributed by atoms with Gasteiger partial charge in [-0.25, -0.2) is 4.98 Å². The number of aromatic nitrogens is 2. The van der Waals surface area contributed by atoms with Gasteiger partial charge < -0.3 is 14.6 Å². The van der Waals surface area contributed by atoms with Gasteiger partial charge >= 0.3 is 6.36 Å². The van der Waals surface area contributed by atoms with Crippen molar-refractivity contribution in [1.29, 1.82) is 0 Å². The van der Waals surface area contributed by atoms with Crippen LogP contribution in [0.25, 0.3) is 10.9 Å². The van der Waals surface area contributed by atoms with E-state index >= 15 is 0 Å². The van der Waals surface area contributed by atoms with Crippen LogP contribution < -0.4 is 10.3 Å². The molecule has 6 nitrogen and oxygen atoms in total. The number of fused-ring (bicyclic) bond motifs is 1. The molecule has 1 aromatic heterocycles. The van der Waals surface area contributed by atoms with Gasteiger partial charge in [-0.3, -0.25) is 9.59 Å². The van der Waals surface area contributed by atoms with Crippen LogP contribution in [0.3, 0.4) is 0 Å². The second-order valence-electron chi connectivity index (χ2n) is 6.79. The van der Waals surface area contributed by atoms with E-state index in [1.54, 1.807) is 30.3 Å². The van der Waals surface area contributed by atoms with E-state index in [4.69, 9.17) is 0 Å². The molecule has 3 rings (SSSR count). The van der Waals surface area contributed by atoms with Crippen LogP contribution in [-0.4, -0.2) is 34.2 Å². The molecule has 0 atom stereocenters. The second kappa shape index (κ2) is 8.98. The first-order valence-corrected chi connectivity index (χ1v) is 9.28. The number of nitrogens with zero attached hydrogens (tertiary/aromatic N) is 2. The maximum Gasteiger partial charge on any atom is 0.573 e. The summed E-state index contributed by atoms with van der Waals surface area (Å²) < 4.78 is 41.6. The minimum absolute atomic E-state index is 0.0177. The number of hydrogen-bond acceptors (Lipinski definition) is 4. The highest BCUT2D eigenvalue weighted by atomic mass is 19.4. The highest BCUT2D eigenvalue weighted by molar-refractivity contribution is 5.77. The Balaban J connectivity index is 1.58. The molecular weight excluding hydrogens is 399 g/mol. The van der Waals surface area contributed by atoms with Crippen LogP contribution in [0, 0.1) is 0 Å². The Morgan fingerprint density at radius 1 is 1.13 bits per heavy atom. The summed E-state index contributed by atoms with van der Waals surface area (Å²) in [6, 6.07) is 12.7. The van der Waals surface area contributed by atoms with Gasteiger partial charge in [-0.2, -0.15) is 0 Å². The Kier molecular flexibility index (Phi) is 6.39. The smallest absolute Gasteiger partial charge is 0.405 e. The first-order chi connectivity index (χ1) is 14.2. The molecule has 0 aliphatic rings. The molecule has 158 valence electrons. The van der Waals surface area contributed by atoms with E-state index in [-0.39, 0.29) is 35.7 Å². The molecule has 2 aromatic carbocycles. The average Bonchev–Trinajstić information content (AvgIpc) is 2.68. The number of hydrogen-bond donors (Lipinski definition) is 1. The van der Waals surface area contributed by atoms with Crippen molar-refractivity contribution in [3.8, 4) is 5.75 Å². The zero-order valence-electron chi connectivity index (χ0n) is 16.2. The maximum absolute atomic E-state index is 12.5. The lowest BCUT2D eigenvalue weighted by molar-refractivity contribution is -0.275. The van der Waals surface area contributed by atoms with Crippen LogP contribution in [0.2, 0.25) is 0 Å². The van der Waals surface area contributed by atoms with Crippen LogP contribution in [0.4, 0.5) is 13.2 Å². The second-order valence-corrected chi connectivity index (χ2v) is 6.79. The summed E-state index contributed by atoms with van der Waals surface area (Å²) in [5.41, 5.74) is 0.604. The largest absolute Gasteiger partial charge is 0.573 e. The molecule has 1 N–H and O–H groups in total. The Morgan fingerprint density at radius 2 is 1.83 bits per heavy atom. The number of amides is 1. The molecule has 0 aliphatic heterocycles. The van der Waals surface area contributed by atoms with Gasteiger partial charge in [0.15, 0.2) is 0 Å². The van der Waals surface area contributed by atoms with E-state index in [9.17, 15) is 22.8 Å². The van der Waals surface area contributed by atoms with E-state index in [1.807, 2.05) is 0 Å². The standard InChI is InChI=1S/C21H20F3N3O3/c1-27(13-14-7-2-5-10-17(14)30-21(22,23)24)19(28)12-6-11-18-25-16-9-4-3-8-15(16)20(29)26-18/h2-5,7-10H,6,11-13H2,1H3,(H,25,26,29). The Bertz CT molecular complexity index is 1100.